The van der Waals surface area contributed by atoms with Crippen LogP contribution in [0.4, 0.5) is 21.6 Å². The molecule has 4 rings (SSSR count). The Hall–Kier alpha value is -3.55. The molecule has 0 aliphatic carbocycles. The molecule has 0 spiro atoms. The lowest BCUT2D eigenvalue weighted by Crippen LogP contribution is -2.14. The Kier molecular flexibility index (Phi) is 9.40. The third-order valence-electron chi connectivity index (χ3n) is 4.98. The van der Waals surface area contributed by atoms with Gasteiger partial charge in [0.25, 0.3) is 0 Å². The maximum absolute atomic E-state index is 12.2. The molecule has 0 aliphatic rings. The summed E-state index contributed by atoms with van der Waals surface area (Å²) in [6, 6.07) is 14.5. The van der Waals surface area contributed by atoms with Gasteiger partial charge in [0.15, 0.2) is 0 Å². The summed E-state index contributed by atoms with van der Waals surface area (Å²) >= 11 is 4.53. The number of nitrogens with zero attached hydrogens (tertiary/aromatic N) is 4. The Labute approximate surface area is 226 Å². The van der Waals surface area contributed by atoms with Gasteiger partial charge in [0, 0.05) is 24.2 Å². The summed E-state index contributed by atoms with van der Waals surface area (Å²) in [5.74, 6) is 1.43. The molecule has 2 amide bonds. The van der Waals surface area contributed by atoms with Crippen molar-refractivity contribution in [2.75, 3.05) is 33.6 Å². The molecule has 0 unspecified atom stereocenters. The van der Waals surface area contributed by atoms with Crippen molar-refractivity contribution >= 4 is 67.9 Å². The van der Waals surface area contributed by atoms with E-state index in [4.69, 9.17) is 11.5 Å². The summed E-state index contributed by atoms with van der Waals surface area (Å²) in [5, 5.41) is 24.8. The minimum Gasteiger partial charge on any atom is -0.399 e. The minimum absolute atomic E-state index is 0.153. The molecule has 2 heterocycles. The zero-order valence-corrected chi connectivity index (χ0v) is 22.3. The number of aryl methyl sites for hydroxylation is 2. The fraction of sp³-hybridized carbons (Fsp3) is 0.250. The third kappa shape index (κ3) is 8.81. The first kappa shape index (κ1) is 26.5. The number of hydrogen-bond donors (Lipinski definition) is 4. The number of amides is 2. The molecule has 2 aromatic heterocycles. The zero-order valence-electron chi connectivity index (χ0n) is 19.8. The Balaban J connectivity index is 1.12. The molecule has 6 N–H and O–H groups in total. The number of thioether (sulfide) groups is 1. The lowest BCUT2D eigenvalue weighted by Gasteiger charge is -2.02. The highest BCUT2D eigenvalue weighted by Crippen LogP contribution is 2.20. The van der Waals surface area contributed by atoms with Crippen LogP contribution in [-0.2, 0) is 35.3 Å². The topological polar surface area (TPSA) is 162 Å². The van der Waals surface area contributed by atoms with E-state index in [-0.39, 0.29) is 24.7 Å². The maximum atomic E-state index is 12.2. The molecule has 192 valence electrons. The largest absolute Gasteiger partial charge is 0.399 e. The highest BCUT2D eigenvalue weighted by molar-refractivity contribution is 7.99. The van der Waals surface area contributed by atoms with Crippen molar-refractivity contribution in [2.45, 2.75) is 25.7 Å². The quantitative estimate of drug-likeness (QED) is 0.152. The van der Waals surface area contributed by atoms with E-state index < -0.39 is 0 Å². The smallest absolute Gasteiger partial charge is 0.230 e. The van der Waals surface area contributed by atoms with Crippen LogP contribution in [0.15, 0.2) is 48.5 Å². The standard InChI is InChI=1S/C24H26N8O2S3/c25-17-5-1-3-15(11-17)13-19(33)27-23-31-29-21(36-23)7-9-35-10-8-22-30-32-24(37-22)28-20(34)14-16-4-2-6-18(26)12-16/h1-6,11-12H,7-10,13-14,25-26H2,(H,27,31,33)(H,28,32,34). The van der Waals surface area contributed by atoms with Gasteiger partial charge in [0.05, 0.1) is 12.8 Å². The molecule has 0 atom stereocenters. The van der Waals surface area contributed by atoms with Crippen LogP contribution in [0.1, 0.15) is 21.1 Å². The molecule has 0 radical (unpaired) electrons. The summed E-state index contributed by atoms with van der Waals surface area (Å²) in [4.78, 5) is 24.5. The van der Waals surface area contributed by atoms with Crippen molar-refractivity contribution in [2.24, 2.45) is 0 Å². The van der Waals surface area contributed by atoms with Gasteiger partial charge in [-0.15, -0.1) is 20.4 Å². The molecule has 4 aromatic rings. The van der Waals surface area contributed by atoms with Gasteiger partial charge in [-0.1, -0.05) is 46.9 Å². The van der Waals surface area contributed by atoms with E-state index in [2.05, 4.69) is 31.0 Å². The van der Waals surface area contributed by atoms with Gasteiger partial charge >= 0.3 is 0 Å². The highest BCUT2D eigenvalue weighted by atomic mass is 32.2. The minimum atomic E-state index is -0.153. The zero-order chi connectivity index (χ0) is 26.0. The van der Waals surface area contributed by atoms with Crippen LogP contribution in [0, 0.1) is 0 Å². The van der Waals surface area contributed by atoms with Gasteiger partial charge in [0.2, 0.25) is 22.1 Å². The Morgan fingerprint density at radius 1 is 0.730 bits per heavy atom. The number of rotatable bonds is 12. The molecule has 0 bridgehead atoms. The van der Waals surface area contributed by atoms with Crippen molar-refractivity contribution in [3.63, 3.8) is 0 Å². The molecule has 0 aliphatic heterocycles. The fourth-order valence-corrected chi connectivity index (χ4v) is 5.98. The number of benzene rings is 2. The van der Waals surface area contributed by atoms with Crippen molar-refractivity contribution in [3.05, 3.63) is 69.7 Å². The lowest BCUT2D eigenvalue weighted by atomic mass is 10.1. The summed E-state index contributed by atoms with van der Waals surface area (Å²) < 4.78 is 0. The number of nitrogen functional groups attached to an aromatic ring is 2. The van der Waals surface area contributed by atoms with Gasteiger partial charge in [-0.3, -0.25) is 9.59 Å². The van der Waals surface area contributed by atoms with Crippen molar-refractivity contribution in [3.8, 4) is 0 Å². The number of carbonyl (C=O) groups is 2. The molecular weight excluding hydrogens is 529 g/mol. The van der Waals surface area contributed by atoms with E-state index in [1.807, 2.05) is 24.3 Å². The van der Waals surface area contributed by atoms with Gasteiger partial charge in [-0.25, -0.2) is 0 Å². The second-order valence-electron chi connectivity index (χ2n) is 8.05. The molecule has 37 heavy (non-hydrogen) atoms. The average Bonchev–Trinajstić information content (AvgIpc) is 3.48. The number of carbonyl (C=O) groups excluding carboxylic acids is 2. The molecular formula is C24H26N8O2S3. The number of nitrogens with one attached hydrogen (secondary N) is 2. The van der Waals surface area contributed by atoms with E-state index in [0.717, 1.165) is 45.5 Å². The van der Waals surface area contributed by atoms with Gasteiger partial charge in [0.1, 0.15) is 10.0 Å². The van der Waals surface area contributed by atoms with Crippen molar-refractivity contribution in [1.29, 1.82) is 0 Å². The molecule has 0 saturated carbocycles. The van der Waals surface area contributed by atoms with Crippen LogP contribution in [0.2, 0.25) is 0 Å². The van der Waals surface area contributed by atoms with E-state index in [1.165, 1.54) is 22.7 Å². The fourth-order valence-electron chi connectivity index (χ4n) is 3.34. The first-order valence-electron chi connectivity index (χ1n) is 11.4. The van der Waals surface area contributed by atoms with Crippen molar-refractivity contribution < 1.29 is 9.59 Å². The summed E-state index contributed by atoms with van der Waals surface area (Å²) in [7, 11) is 0. The summed E-state index contributed by atoms with van der Waals surface area (Å²) in [6.07, 6.45) is 1.98. The number of anilines is 4. The van der Waals surface area contributed by atoms with Gasteiger partial charge < -0.3 is 22.1 Å². The Morgan fingerprint density at radius 2 is 1.19 bits per heavy atom. The molecule has 0 fully saturated rings. The Morgan fingerprint density at radius 3 is 1.62 bits per heavy atom. The second-order valence-corrected chi connectivity index (χ2v) is 11.4. The van der Waals surface area contributed by atoms with Crippen LogP contribution in [0.3, 0.4) is 0 Å². The number of nitrogens with two attached hydrogens (primary N) is 2. The van der Waals surface area contributed by atoms with E-state index in [9.17, 15) is 9.59 Å². The average molecular weight is 555 g/mol. The Bertz CT molecular complexity index is 1260. The van der Waals surface area contributed by atoms with E-state index in [1.54, 1.807) is 36.0 Å². The monoisotopic (exact) mass is 554 g/mol. The summed E-state index contributed by atoms with van der Waals surface area (Å²) in [6.45, 7) is 0. The van der Waals surface area contributed by atoms with Crippen LogP contribution in [0.25, 0.3) is 0 Å². The molecule has 0 saturated heterocycles. The summed E-state index contributed by atoms with van der Waals surface area (Å²) in [5.41, 5.74) is 14.5. The lowest BCUT2D eigenvalue weighted by molar-refractivity contribution is -0.116. The first-order valence-corrected chi connectivity index (χ1v) is 14.2. The highest BCUT2D eigenvalue weighted by Gasteiger charge is 2.11. The van der Waals surface area contributed by atoms with E-state index >= 15 is 0 Å². The molecule has 13 heteroatoms. The predicted molar refractivity (Wildman–Crippen MR) is 151 cm³/mol. The first-order chi connectivity index (χ1) is 17.9. The van der Waals surface area contributed by atoms with Crippen LogP contribution in [-0.4, -0.2) is 43.7 Å². The SMILES string of the molecule is Nc1cccc(CC(=O)Nc2nnc(CCSCCc3nnc(NC(=O)Cc4cccc(N)c4)s3)s2)c1. The predicted octanol–water partition coefficient (Wildman–Crippen LogP) is 3.43. The molecule has 2 aromatic carbocycles. The number of hydrogen-bond acceptors (Lipinski definition) is 11. The van der Waals surface area contributed by atoms with Crippen molar-refractivity contribution in [1.82, 2.24) is 20.4 Å². The van der Waals surface area contributed by atoms with Gasteiger partial charge in [-0.2, -0.15) is 11.8 Å². The third-order valence-corrected chi connectivity index (χ3v) is 7.76. The van der Waals surface area contributed by atoms with Gasteiger partial charge in [-0.05, 0) is 46.9 Å². The number of aromatic nitrogens is 4. The van der Waals surface area contributed by atoms with Crippen LogP contribution in [0.5, 0.6) is 0 Å². The maximum Gasteiger partial charge on any atom is 0.230 e. The van der Waals surface area contributed by atoms with Crippen LogP contribution < -0.4 is 22.1 Å². The second kappa shape index (κ2) is 13.1. The normalized spacial score (nSPS) is 10.8. The molecule has 10 nitrogen and oxygen atoms in total. The van der Waals surface area contributed by atoms with E-state index in [0.29, 0.717) is 21.6 Å². The van der Waals surface area contributed by atoms with Crippen LogP contribution >= 0.6 is 34.4 Å².